The van der Waals surface area contributed by atoms with Gasteiger partial charge in [-0.15, -0.1) is 24.8 Å². The first-order valence-corrected chi connectivity index (χ1v) is 5.12. The van der Waals surface area contributed by atoms with Gasteiger partial charge < -0.3 is 5.73 Å². The van der Waals surface area contributed by atoms with Crippen molar-refractivity contribution in [1.29, 1.82) is 0 Å². The van der Waals surface area contributed by atoms with Gasteiger partial charge in [-0.25, -0.2) is 4.98 Å². The molecule has 0 saturated heterocycles. The smallest absolute Gasteiger partial charge is 0.142 e. The fraction of sp³-hybridized carbons (Fsp3) is 0.600. The van der Waals surface area contributed by atoms with Gasteiger partial charge in [-0.1, -0.05) is 6.92 Å². The molecular weight excluding hydrogens is 247 g/mol. The topological polar surface area (TPSA) is 55.0 Å². The second-order valence-corrected chi connectivity index (χ2v) is 3.71. The van der Waals surface area contributed by atoms with Crippen molar-refractivity contribution in [1.82, 2.24) is 14.9 Å². The van der Waals surface area contributed by atoms with E-state index in [1.165, 1.54) is 6.42 Å². The molecule has 1 aliphatic rings. The van der Waals surface area contributed by atoms with E-state index in [4.69, 9.17) is 5.73 Å². The molecule has 92 valence electrons. The molecule has 1 aromatic rings. The van der Waals surface area contributed by atoms with Gasteiger partial charge in [-0.05, 0) is 13.0 Å². The molecule has 2 N–H and O–H groups in total. The summed E-state index contributed by atoms with van der Waals surface area (Å²) in [7, 11) is 0. The molecule has 0 spiro atoms. The SMILES string of the molecule is CCCN1CCc2ncc(N)nc2C1.Cl.Cl. The lowest BCUT2D eigenvalue weighted by atomic mass is 10.1. The highest BCUT2D eigenvalue weighted by molar-refractivity contribution is 5.85. The third-order valence-electron chi connectivity index (χ3n) is 2.53. The van der Waals surface area contributed by atoms with Crippen LogP contribution in [0.3, 0.4) is 0 Å². The summed E-state index contributed by atoms with van der Waals surface area (Å²) in [5.41, 5.74) is 7.79. The van der Waals surface area contributed by atoms with Gasteiger partial charge in [0.1, 0.15) is 5.82 Å². The first-order chi connectivity index (χ1) is 6.79. The minimum Gasteiger partial charge on any atom is -0.382 e. The fourth-order valence-electron chi connectivity index (χ4n) is 1.87. The van der Waals surface area contributed by atoms with E-state index in [0.717, 1.165) is 37.4 Å². The van der Waals surface area contributed by atoms with Crippen molar-refractivity contribution in [3.05, 3.63) is 17.6 Å². The number of nitrogens with two attached hydrogens (primary N) is 1. The second-order valence-electron chi connectivity index (χ2n) is 3.71. The highest BCUT2D eigenvalue weighted by Gasteiger charge is 2.17. The Labute approximate surface area is 108 Å². The third kappa shape index (κ3) is 3.47. The third-order valence-corrected chi connectivity index (χ3v) is 2.53. The van der Waals surface area contributed by atoms with Crippen molar-refractivity contribution >= 4 is 30.6 Å². The van der Waals surface area contributed by atoms with Crippen LogP contribution in [0.15, 0.2) is 6.20 Å². The molecule has 0 aliphatic carbocycles. The fourth-order valence-corrected chi connectivity index (χ4v) is 1.87. The predicted molar refractivity (Wildman–Crippen MR) is 70.2 cm³/mol. The average molecular weight is 265 g/mol. The molecule has 2 heterocycles. The summed E-state index contributed by atoms with van der Waals surface area (Å²) in [4.78, 5) is 11.0. The van der Waals surface area contributed by atoms with Crippen molar-refractivity contribution in [2.24, 2.45) is 0 Å². The Kier molecular flexibility index (Phi) is 6.64. The molecule has 0 amide bonds. The minimum atomic E-state index is 0. The molecule has 0 radical (unpaired) electrons. The van der Waals surface area contributed by atoms with Crippen molar-refractivity contribution in [3.8, 4) is 0 Å². The first kappa shape index (κ1) is 15.4. The van der Waals surface area contributed by atoms with Crippen LogP contribution < -0.4 is 5.73 Å². The lowest BCUT2D eigenvalue weighted by molar-refractivity contribution is 0.248. The van der Waals surface area contributed by atoms with E-state index in [9.17, 15) is 0 Å². The molecule has 4 nitrogen and oxygen atoms in total. The van der Waals surface area contributed by atoms with Crippen LogP contribution in [-0.4, -0.2) is 28.0 Å². The molecule has 1 aromatic heterocycles. The van der Waals surface area contributed by atoms with Crippen molar-refractivity contribution < 1.29 is 0 Å². The largest absolute Gasteiger partial charge is 0.382 e. The Balaban J connectivity index is 0.00000112. The number of nitrogens with zero attached hydrogens (tertiary/aromatic N) is 3. The van der Waals surface area contributed by atoms with E-state index in [2.05, 4.69) is 21.8 Å². The lowest BCUT2D eigenvalue weighted by Crippen LogP contribution is -2.32. The van der Waals surface area contributed by atoms with Crippen LogP contribution in [0.2, 0.25) is 0 Å². The number of anilines is 1. The maximum absolute atomic E-state index is 5.61. The zero-order valence-electron chi connectivity index (χ0n) is 9.35. The summed E-state index contributed by atoms with van der Waals surface area (Å²) in [6.45, 7) is 5.33. The molecule has 1 aliphatic heterocycles. The van der Waals surface area contributed by atoms with Crippen molar-refractivity contribution in [2.75, 3.05) is 18.8 Å². The van der Waals surface area contributed by atoms with Gasteiger partial charge in [0.25, 0.3) is 0 Å². The van der Waals surface area contributed by atoms with Gasteiger partial charge in [0, 0.05) is 19.5 Å². The Bertz CT molecular complexity index is 333. The molecule has 0 fully saturated rings. The summed E-state index contributed by atoms with van der Waals surface area (Å²) < 4.78 is 0. The highest BCUT2D eigenvalue weighted by atomic mass is 35.5. The summed E-state index contributed by atoms with van der Waals surface area (Å²) in [6.07, 6.45) is 3.84. The number of hydrogen-bond acceptors (Lipinski definition) is 4. The molecule has 0 unspecified atom stereocenters. The number of aromatic nitrogens is 2. The van der Waals surface area contributed by atoms with Gasteiger partial charge in [0.15, 0.2) is 0 Å². The number of fused-ring (bicyclic) bond motifs is 1. The minimum absolute atomic E-state index is 0. The molecular formula is C10H18Cl2N4. The molecule has 0 bridgehead atoms. The first-order valence-electron chi connectivity index (χ1n) is 5.12. The monoisotopic (exact) mass is 264 g/mol. The van der Waals surface area contributed by atoms with E-state index >= 15 is 0 Å². The normalized spacial score (nSPS) is 14.6. The van der Waals surface area contributed by atoms with Gasteiger partial charge in [0.2, 0.25) is 0 Å². The maximum atomic E-state index is 5.61. The summed E-state index contributed by atoms with van der Waals surface area (Å²) in [5, 5.41) is 0. The van der Waals surface area contributed by atoms with Crippen molar-refractivity contribution in [3.63, 3.8) is 0 Å². The van der Waals surface area contributed by atoms with Crippen LogP contribution in [0.4, 0.5) is 5.82 Å². The molecule has 2 rings (SSSR count). The second kappa shape index (κ2) is 6.89. The Morgan fingerprint density at radius 3 is 2.81 bits per heavy atom. The van der Waals surface area contributed by atoms with E-state index in [-0.39, 0.29) is 24.8 Å². The number of hydrogen-bond donors (Lipinski definition) is 1. The summed E-state index contributed by atoms with van der Waals surface area (Å²) in [6, 6.07) is 0. The molecule has 0 aromatic carbocycles. The quantitative estimate of drug-likeness (QED) is 0.883. The zero-order valence-corrected chi connectivity index (χ0v) is 11.0. The van der Waals surface area contributed by atoms with E-state index in [0.29, 0.717) is 5.82 Å². The zero-order chi connectivity index (χ0) is 9.97. The molecule has 0 saturated carbocycles. The van der Waals surface area contributed by atoms with Gasteiger partial charge in [0.05, 0.1) is 17.6 Å². The average Bonchev–Trinajstić information content (AvgIpc) is 2.17. The number of nitrogen functional groups attached to an aromatic ring is 1. The van der Waals surface area contributed by atoms with E-state index in [1.807, 2.05) is 0 Å². The van der Waals surface area contributed by atoms with Crippen LogP contribution >= 0.6 is 24.8 Å². The standard InChI is InChI=1S/C10H16N4.2ClH/c1-2-4-14-5-3-8-9(7-14)13-10(11)6-12-8;;/h6H,2-5,7H2,1H3,(H2,11,13);2*1H. The van der Waals surface area contributed by atoms with Crippen LogP contribution in [0, 0.1) is 0 Å². The Morgan fingerprint density at radius 2 is 2.12 bits per heavy atom. The van der Waals surface area contributed by atoms with E-state index < -0.39 is 0 Å². The Morgan fingerprint density at radius 1 is 1.38 bits per heavy atom. The Hall–Kier alpha value is -0.580. The molecule has 0 atom stereocenters. The van der Waals surface area contributed by atoms with Gasteiger partial charge >= 0.3 is 0 Å². The van der Waals surface area contributed by atoms with Gasteiger partial charge in [-0.2, -0.15) is 0 Å². The summed E-state index contributed by atoms with van der Waals surface area (Å²) in [5.74, 6) is 0.530. The predicted octanol–water partition coefficient (Wildman–Crippen LogP) is 1.67. The van der Waals surface area contributed by atoms with Crippen LogP contribution in [0.1, 0.15) is 24.7 Å². The maximum Gasteiger partial charge on any atom is 0.142 e. The lowest BCUT2D eigenvalue weighted by Gasteiger charge is -2.26. The van der Waals surface area contributed by atoms with Crippen LogP contribution in [0.5, 0.6) is 0 Å². The number of rotatable bonds is 2. The van der Waals surface area contributed by atoms with Gasteiger partial charge in [-0.3, -0.25) is 9.88 Å². The number of halogens is 2. The van der Waals surface area contributed by atoms with Crippen LogP contribution in [-0.2, 0) is 13.0 Å². The molecule has 16 heavy (non-hydrogen) atoms. The molecule has 6 heteroatoms. The van der Waals surface area contributed by atoms with E-state index in [1.54, 1.807) is 6.20 Å². The summed E-state index contributed by atoms with van der Waals surface area (Å²) >= 11 is 0. The highest BCUT2D eigenvalue weighted by Crippen LogP contribution is 2.15. The van der Waals surface area contributed by atoms with Crippen molar-refractivity contribution in [2.45, 2.75) is 26.3 Å². The van der Waals surface area contributed by atoms with Crippen LogP contribution in [0.25, 0.3) is 0 Å².